The van der Waals surface area contributed by atoms with Crippen LogP contribution in [-0.2, 0) is 6.54 Å². The number of fused-ring (bicyclic) bond motifs is 1. The summed E-state index contributed by atoms with van der Waals surface area (Å²) in [6.45, 7) is 3.82. The Morgan fingerprint density at radius 2 is 1.87 bits per heavy atom. The summed E-state index contributed by atoms with van der Waals surface area (Å²) in [5, 5.41) is 14.3. The van der Waals surface area contributed by atoms with Crippen molar-refractivity contribution in [1.82, 2.24) is 19.6 Å². The van der Waals surface area contributed by atoms with E-state index in [9.17, 15) is 22.4 Å². The van der Waals surface area contributed by atoms with Crippen molar-refractivity contribution in [1.29, 1.82) is 0 Å². The lowest BCUT2D eigenvalue weighted by atomic mass is 9.97. The third-order valence-corrected chi connectivity index (χ3v) is 6.78. The molecule has 0 radical (unpaired) electrons. The number of anilines is 2. The van der Waals surface area contributed by atoms with Gasteiger partial charge in [-0.2, -0.15) is 23.4 Å². The molecule has 0 fully saturated rings. The Hall–Kier alpha value is -4.35. The Balaban J connectivity index is 1.40. The van der Waals surface area contributed by atoms with Crippen LogP contribution < -0.4 is 15.4 Å². The molecule has 2 N–H and O–H groups in total. The van der Waals surface area contributed by atoms with Crippen LogP contribution in [-0.4, -0.2) is 38.8 Å². The minimum absolute atomic E-state index is 0.0852. The maximum atomic E-state index is 14.1. The number of hydrogen-bond acceptors (Lipinski definition) is 5. The van der Waals surface area contributed by atoms with Gasteiger partial charge in [-0.3, -0.25) is 9.48 Å². The highest BCUT2D eigenvalue weighted by Gasteiger charge is 2.47. The van der Waals surface area contributed by atoms with Crippen LogP contribution in [0, 0.1) is 19.7 Å². The normalized spacial score (nSPS) is 16.9. The second kappa shape index (κ2) is 10.1. The molecule has 5 rings (SSSR count). The van der Waals surface area contributed by atoms with E-state index < -0.39 is 24.2 Å². The van der Waals surface area contributed by atoms with Gasteiger partial charge in [0.25, 0.3) is 5.91 Å². The van der Waals surface area contributed by atoms with E-state index in [1.54, 1.807) is 54.9 Å². The number of nitrogens with zero attached hydrogens (tertiary/aromatic N) is 4. The van der Waals surface area contributed by atoms with E-state index in [2.05, 4.69) is 20.8 Å². The lowest BCUT2D eigenvalue weighted by Gasteiger charge is -2.33. The van der Waals surface area contributed by atoms with Crippen molar-refractivity contribution >= 4 is 17.4 Å². The number of amides is 1. The molecule has 1 aliphatic heterocycles. The van der Waals surface area contributed by atoms with Crippen LogP contribution >= 0.6 is 0 Å². The van der Waals surface area contributed by atoms with Crippen molar-refractivity contribution in [3.05, 3.63) is 88.6 Å². The van der Waals surface area contributed by atoms with Gasteiger partial charge in [0, 0.05) is 12.5 Å². The summed E-state index contributed by atoms with van der Waals surface area (Å²) >= 11 is 0. The topological polar surface area (TPSA) is 86.0 Å². The van der Waals surface area contributed by atoms with Crippen LogP contribution in [0.15, 0.2) is 54.6 Å². The van der Waals surface area contributed by atoms with Gasteiger partial charge in [-0.1, -0.05) is 24.3 Å². The molecule has 2 atom stereocenters. The molecule has 1 aliphatic rings. The van der Waals surface area contributed by atoms with E-state index >= 15 is 0 Å². The van der Waals surface area contributed by atoms with Gasteiger partial charge in [0.05, 0.1) is 36.8 Å². The molecule has 204 valence electrons. The van der Waals surface area contributed by atoms with Crippen molar-refractivity contribution in [2.45, 2.75) is 45.1 Å². The SMILES string of the molecule is COc1cccc([C@@H]2C[C@@H](C(F)(F)F)n3nc(C(=O)Nc4c(C)nn(Cc5ccc(F)cc5)c4C)cc3N2)c1. The minimum Gasteiger partial charge on any atom is -0.497 e. The summed E-state index contributed by atoms with van der Waals surface area (Å²) in [6, 6.07) is 11.5. The maximum Gasteiger partial charge on any atom is 0.410 e. The van der Waals surface area contributed by atoms with Crippen molar-refractivity contribution in [2.24, 2.45) is 0 Å². The molecule has 0 saturated carbocycles. The van der Waals surface area contributed by atoms with Gasteiger partial charge < -0.3 is 15.4 Å². The highest BCUT2D eigenvalue weighted by molar-refractivity contribution is 6.04. The van der Waals surface area contributed by atoms with Gasteiger partial charge in [0.15, 0.2) is 11.7 Å². The monoisotopic (exact) mass is 542 g/mol. The molecule has 0 saturated heterocycles. The second-order valence-corrected chi connectivity index (χ2v) is 9.41. The average Bonchev–Trinajstić information content (AvgIpc) is 3.45. The molecule has 0 spiro atoms. The number of rotatable bonds is 6. The van der Waals surface area contributed by atoms with E-state index in [-0.39, 0.29) is 23.7 Å². The van der Waals surface area contributed by atoms with Crippen molar-refractivity contribution in [3.63, 3.8) is 0 Å². The first-order valence-electron chi connectivity index (χ1n) is 12.2. The number of aromatic nitrogens is 4. The number of aryl methyl sites for hydroxylation is 1. The Labute approximate surface area is 221 Å². The molecular formula is C27H26F4N6O2. The van der Waals surface area contributed by atoms with Crippen LogP contribution in [0.1, 0.15) is 51.5 Å². The Bertz CT molecular complexity index is 1510. The molecule has 0 aliphatic carbocycles. The van der Waals surface area contributed by atoms with Crippen LogP contribution in [0.25, 0.3) is 0 Å². The largest absolute Gasteiger partial charge is 0.497 e. The minimum atomic E-state index is -4.58. The van der Waals surface area contributed by atoms with Gasteiger partial charge in [0.1, 0.15) is 17.4 Å². The lowest BCUT2D eigenvalue weighted by molar-refractivity contribution is -0.173. The summed E-state index contributed by atoms with van der Waals surface area (Å²) in [5.41, 5.74) is 2.87. The van der Waals surface area contributed by atoms with Gasteiger partial charge >= 0.3 is 6.18 Å². The number of carbonyl (C=O) groups is 1. The van der Waals surface area contributed by atoms with Crippen LogP contribution in [0.4, 0.5) is 29.1 Å². The van der Waals surface area contributed by atoms with Crippen molar-refractivity contribution in [3.8, 4) is 5.75 Å². The van der Waals surface area contributed by atoms with E-state index in [0.29, 0.717) is 34.9 Å². The Morgan fingerprint density at radius 1 is 1.13 bits per heavy atom. The number of halogens is 4. The van der Waals surface area contributed by atoms with Crippen LogP contribution in [0.3, 0.4) is 0 Å². The molecule has 4 aromatic rings. The third-order valence-electron chi connectivity index (χ3n) is 6.78. The maximum absolute atomic E-state index is 14.1. The number of benzene rings is 2. The fourth-order valence-corrected chi connectivity index (χ4v) is 4.73. The molecule has 2 aromatic heterocycles. The first kappa shape index (κ1) is 26.3. The number of hydrogen-bond donors (Lipinski definition) is 2. The molecular weight excluding hydrogens is 516 g/mol. The smallest absolute Gasteiger partial charge is 0.410 e. The molecule has 0 bridgehead atoms. The van der Waals surface area contributed by atoms with Gasteiger partial charge in [-0.15, -0.1) is 0 Å². The molecule has 3 heterocycles. The molecule has 39 heavy (non-hydrogen) atoms. The number of carbonyl (C=O) groups excluding carboxylic acids is 1. The number of alkyl halides is 3. The molecule has 12 heteroatoms. The molecule has 8 nitrogen and oxygen atoms in total. The van der Waals surface area contributed by atoms with Crippen molar-refractivity contribution < 1.29 is 27.1 Å². The molecule has 1 amide bonds. The first-order chi connectivity index (χ1) is 18.5. The average molecular weight is 543 g/mol. The van der Waals surface area contributed by atoms with E-state index in [1.807, 2.05) is 0 Å². The summed E-state index contributed by atoms with van der Waals surface area (Å²) in [6.07, 6.45) is -4.89. The summed E-state index contributed by atoms with van der Waals surface area (Å²) < 4.78 is 63.2. The highest BCUT2D eigenvalue weighted by atomic mass is 19.4. The third kappa shape index (κ3) is 5.31. The molecule has 0 unspecified atom stereocenters. The molecule has 2 aromatic carbocycles. The van der Waals surface area contributed by atoms with Gasteiger partial charge in [-0.25, -0.2) is 9.07 Å². The Kier molecular flexibility index (Phi) is 6.79. The fourth-order valence-electron chi connectivity index (χ4n) is 4.73. The number of nitrogens with one attached hydrogen (secondary N) is 2. The van der Waals surface area contributed by atoms with Gasteiger partial charge in [-0.05, 0) is 49.2 Å². The standard InChI is InChI=1S/C27H26F4N6O2/c1-15-25(16(2)36(34-15)14-17-7-9-19(28)10-8-17)33-26(38)22-13-24-32-21(18-5-4-6-20(11-18)39-3)12-23(27(29,30)31)37(24)35-22/h4-11,13,21,23,32H,12,14H2,1-3H3,(H,33,38)/t21-,23-/m0/s1. The van der Waals surface area contributed by atoms with Crippen LogP contribution in [0.5, 0.6) is 5.75 Å². The second-order valence-electron chi connectivity index (χ2n) is 9.41. The first-order valence-corrected chi connectivity index (χ1v) is 12.2. The van der Waals surface area contributed by atoms with Crippen molar-refractivity contribution in [2.75, 3.05) is 17.7 Å². The zero-order valence-corrected chi connectivity index (χ0v) is 21.4. The quantitative estimate of drug-likeness (QED) is 0.301. The predicted molar refractivity (Wildman–Crippen MR) is 136 cm³/mol. The summed E-state index contributed by atoms with van der Waals surface area (Å²) in [5.74, 6) is -0.394. The van der Waals surface area contributed by atoms with Crippen LogP contribution in [0.2, 0.25) is 0 Å². The summed E-state index contributed by atoms with van der Waals surface area (Å²) in [4.78, 5) is 13.1. The number of ether oxygens (including phenoxy) is 1. The fraction of sp³-hybridized carbons (Fsp3) is 0.296. The highest BCUT2D eigenvalue weighted by Crippen LogP contribution is 2.44. The van der Waals surface area contributed by atoms with Gasteiger partial charge in [0.2, 0.25) is 0 Å². The Morgan fingerprint density at radius 3 is 2.56 bits per heavy atom. The zero-order chi connectivity index (χ0) is 27.9. The predicted octanol–water partition coefficient (Wildman–Crippen LogP) is 5.81. The van der Waals surface area contributed by atoms with E-state index in [4.69, 9.17) is 4.74 Å². The lowest BCUT2D eigenvalue weighted by Crippen LogP contribution is -2.35. The van der Waals surface area contributed by atoms with E-state index in [1.165, 1.54) is 25.3 Å². The summed E-state index contributed by atoms with van der Waals surface area (Å²) in [7, 11) is 1.49. The number of methoxy groups -OCH3 is 1. The zero-order valence-electron chi connectivity index (χ0n) is 21.4. The van der Waals surface area contributed by atoms with E-state index in [0.717, 1.165) is 10.2 Å².